The van der Waals surface area contributed by atoms with Crippen molar-refractivity contribution >= 4 is 0 Å². The second kappa shape index (κ2) is 6.02. The van der Waals surface area contributed by atoms with Gasteiger partial charge in [0.25, 0.3) is 0 Å². The molecule has 1 atom stereocenters. The minimum atomic E-state index is -0.212. The van der Waals surface area contributed by atoms with Crippen molar-refractivity contribution in [3.63, 3.8) is 0 Å². The van der Waals surface area contributed by atoms with Gasteiger partial charge >= 0.3 is 27.7 Å². The van der Waals surface area contributed by atoms with E-state index < -0.39 is 0 Å². The molecule has 2 radical (unpaired) electrons. The summed E-state index contributed by atoms with van der Waals surface area (Å²) in [7, 11) is 0. The predicted octanol–water partition coefficient (Wildman–Crippen LogP) is 0.208. The number of ether oxygens (including phenoxy) is 1. The van der Waals surface area contributed by atoms with E-state index in [2.05, 4.69) is 20.8 Å². The minimum Gasteiger partial charge on any atom is -1.00 e. The quantitative estimate of drug-likeness (QED) is 0.555. The van der Waals surface area contributed by atoms with Gasteiger partial charge in [-0.25, -0.2) is 0 Å². The molecular formula is C12H21ClHgO. The fourth-order valence-corrected chi connectivity index (χ4v) is 1.88. The molecule has 0 aromatic rings. The normalized spacial score (nSPS) is 24.3. The summed E-state index contributed by atoms with van der Waals surface area (Å²) >= 11 is 0. The summed E-state index contributed by atoms with van der Waals surface area (Å²) in [6.45, 7) is 17.7. The molecule has 0 amide bonds. The van der Waals surface area contributed by atoms with Crippen LogP contribution in [0, 0.1) is 17.9 Å². The summed E-state index contributed by atoms with van der Waals surface area (Å²) in [5.41, 5.74) is 1.14. The van der Waals surface area contributed by atoms with Crippen LogP contribution in [-0.2, 0) is 32.4 Å². The van der Waals surface area contributed by atoms with Crippen LogP contribution in [0.2, 0.25) is 0 Å². The van der Waals surface area contributed by atoms with Gasteiger partial charge in [0, 0.05) is 5.92 Å². The van der Waals surface area contributed by atoms with Gasteiger partial charge in [-0.2, -0.15) is 0 Å². The van der Waals surface area contributed by atoms with E-state index in [0.717, 1.165) is 18.6 Å². The van der Waals surface area contributed by atoms with Crippen LogP contribution in [0.3, 0.4) is 0 Å². The largest absolute Gasteiger partial charge is 1.00 e. The molecule has 1 unspecified atom stereocenters. The van der Waals surface area contributed by atoms with Crippen molar-refractivity contribution < 1.29 is 44.8 Å². The van der Waals surface area contributed by atoms with Crippen molar-refractivity contribution in [1.29, 1.82) is 0 Å². The van der Waals surface area contributed by atoms with Gasteiger partial charge < -0.3 is 17.1 Å². The summed E-state index contributed by atoms with van der Waals surface area (Å²) in [6, 6.07) is 0. The van der Waals surface area contributed by atoms with E-state index in [-0.39, 0.29) is 45.7 Å². The predicted molar refractivity (Wildman–Crippen MR) is 55.4 cm³/mol. The van der Waals surface area contributed by atoms with Gasteiger partial charge in [0.1, 0.15) is 0 Å². The third-order valence-electron chi connectivity index (χ3n) is 2.64. The Balaban J connectivity index is 0. The zero-order chi connectivity index (χ0) is 10.3. The summed E-state index contributed by atoms with van der Waals surface area (Å²) in [5, 5.41) is 0. The molecule has 1 heterocycles. The van der Waals surface area contributed by atoms with Crippen LogP contribution in [0.15, 0.2) is 5.57 Å². The van der Waals surface area contributed by atoms with Crippen LogP contribution in [0.25, 0.3) is 0 Å². The van der Waals surface area contributed by atoms with E-state index in [4.69, 9.17) is 11.3 Å². The molecule has 1 saturated heterocycles. The van der Waals surface area contributed by atoms with E-state index in [1.165, 1.54) is 0 Å². The summed E-state index contributed by atoms with van der Waals surface area (Å²) in [6.07, 6.45) is 1.11. The Labute approximate surface area is 121 Å². The monoisotopic (exact) mass is 418 g/mol. The maximum atomic E-state index is 6.06. The molecule has 3 heteroatoms. The molecule has 0 aliphatic carbocycles. The van der Waals surface area contributed by atoms with Crippen molar-refractivity contribution in [1.82, 2.24) is 0 Å². The van der Waals surface area contributed by atoms with E-state index in [1.807, 2.05) is 13.8 Å². The third-order valence-corrected chi connectivity index (χ3v) is 2.64. The standard InChI is InChI=1S/C12H21O.ClH.Hg/c1-9-10(7-11(2,3)4)8-13-12(9,5)6;;/h1,10H,7-8H2,2-6H3;1H;/q;;+1/p-1. The van der Waals surface area contributed by atoms with Crippen molar-refractivity contribution in [2.75, 3.05) is 6.61 Å². The van der Waals surface area contributed by atoms with E-state index in [9.17, 15) is 0 Å². The smallest absolute Gasteiger partial charge is 1.00 e. The van der Waals surface area contributed by atoms with Crippen molar-refractivity contribution in [2.24, 2.45) is 11.3 Å². The Hall–Kier alpha value is 0.925. The van der Waals surface area contributed by atoms with Crippen molar-refractivity contribution in [2.45, 2.75) is 46.6 Å². The maximum absolute atomic E-state index is 6.06. The molecule has 0 bridgehead atoms. The van der Waals surface area contributed by atoms with Crippen LogP contribution in [0.5, 0.6) is 0 Å². The Morgan fingerprint density at radius 1 is 1.40 bits per heavy atom. The van der Waals surface area contributed by atoms with Crippen LogP contribution in [0.4, 0.5) is 0 Å². The Kier molecular flexibility index (Phi) is 7.34. The van der Waals surface area contributed by atoms with Gasteiger partial charge in [0.15, 0.2) is 0 Å². The topological polar surface area (TPSA) is 9.23 Å². The van der Waals surface area contributed by atoms with Crippen LogP contribution < -0.4 is 12.4 Å². The van der Waals surface area contributed by atoms with Gasteiger partial charge in [-0.05, 0) is 31.3 Å². The number of hydrogen-bond acceptors (Lipinski definition) is 1. The molecule has 0 aromatic carbocycles. The van der Waals surface area contributed by atoms with Crippen LogP contribution in [-0.4, -0.2) is 12.2 Å². The molecule has 0 aromatic heterocycles. The summed E-state index contributed by atoms with van der Waals surface area (Å²) in [5.74, 6) is 0.440. The SMILES string of the molecule is [CH]=C1C(CC(C)(C)C)COC1(C)C.[Cl-].[Hg+]. The molecule has 1 aliphatic heterocycles. The van der Waals surface area contributed by atoms with E-state index in [0.29, 0.717) is 11.3 Å². The molecule has 1 rings (SSSR count). The molecule has 15 heavy (non-hydrogen) atoms. The molecule has 1 nitrogen and oxygen atoms in total. The van der Waals surface area contributed by atoms with Crippen LogP contribution in [0.1, 0.15) is 41.0 Å². The second-order valence-electron chi connectivity index (χ2n) is 5.74. The van der Waals surface area contributed by atoms with E-state index >= 15 is 0 Å². The van der Waals surface area contributed by atoms with Gasteiger partial charge in [0.2, 0.25) is 0 Å². The average Bonchev–Trinajstić information content (AvgIpc) is 2.13. The molecule has 1 fully saturated rings. The zero-order valence-corrected chi connectivity index (χ0v) is 16.8. The first-order valence-electron chi connectivity index (χ1n) is 4.99. The Morgan fingerprint density at radius 3 is 2.13 bits per heavy atom. The first-order valence-corrected chi connectivity index (χ1v) is 4.99. The fourth-order valence-electron chi connectivity index (χ4n) is 1.88. The van der Waals surface area contributed by atoms with E-state index in [1.54, 1.807) is 0 Å². The number of rotatable bonds is 1. The van der Waals surface area contributed by atoms with Gasteiger partial charge in [-0.1, -0.05) is 27.4 Å². The molecule has 1 aliphatic rings. The Morgan fingerprint density at radius 2 is 1.87 bits per heavy atom. The van der Waals surface area contributed by atoms with Crippen molar-refractivity contribution in [3.8, 4) is 0 Å². The first kappa shape index (κ1) is 18.3. The minimum absolute atomic E-state index is 0. The number of hydrogen-bond donors (Lipinski definition) is 0. The zero-order valence-electron chi connectivity index (χ0n) is 10.6. The number of halogens is 1. The van der Waals surface area contributed by atoms with Crippen molar-refractivity contribution in [3.05, 3.63) is 12.2 Å². The molecule has 0 spiro atoms. The Bertz CT molecular complexity index is 218. The molecule has 84 valence electrons. The fraction of sp³-hybridized carbons (Fsp3) is 0.833. The van der Waals surface area contributed by atoms with Gasteiger partial charge in [0.05, 0.1) is 12.2 Å². The second-order valence-corrected chi connectivity index (χ2v) is 5.74. The average molecular weight is 417 g/mol. The maximum Gasteiger partial charge on any atom is 1.00 e. The molecular weight excluding hydrogens is 396 g/mol. The summed E-state index contributed by atoms with van der Waals surface area (Å²) in [4.78, 5) is 0. The van der Waals surface area contributed by atoms with Gasteiger partial charge in [-0.15, -0.1) is 0 Å². The first-order chi connectivity index (χ1) is 5.72. The molecule has 0 saturated carbocycles. The third kappa shape index (κ3) is 5.19. The molecule has 0 N–H and O–H groups in total. The van der Waals surface area contributed by atoms with Crippen LogP contribution >= 0.6 is 0 Å². The summed E-state index contributed by atoms with van der Waals surface area (Å²) < 4.78 is 5.65. The van der Waals surface area contributed by atoms with Gasteiger partial charge in [-0.3, -0.25) is 0 Å².